The van der Waals surface area contributed by atoms with Gasteiger partial charge in [0, 0.05) is 10.1 Å². The summed E-state index contributed by atoms with van der Waals surface area (Å²) in [6.07, 6.45) is -4.57. The van der Waals surface area contributed by atoms with Gasteiger partial charge in [0.15, 0.2) is 0 Å². The number of halogens is 4. The van der Waals surface area contributed by atoms with Crippen LogP contribution >= 0.6 is 34.7 Å². The van der Waals surface area contributed by atoms with Crippen LogP contribution in [0.25, 0.3) is 20.9 Å². The summed E-state index contributed by atoms with van der Waals surface area (Å²) in [5.74, 6) is -0.614. The van der Waals surface area contributed by atoms with Crippen molar-refractivity contribution in [3.8, 4) is 10.8 Å². The Bertz CT molecular complexity index is 1220. The Morgan fingerprint density at radius 3 is 2.63 bits per heavy atom. The maximum Gasteiger partial charge on any atom is 0.418 e. The molecule has 0 fully saturated rings. The molecule has 0 saturated heterocycles. The highest BCUT2D eigenvalue weighted by Crippen LogP contribution is 2.41. The molecule has 4 rings (SSSR count). The lowest BCUT2D eigenvalue weighted by Crippen LogP contribution is -2.18. The molecule has 0 aliphatic rings. The first-order valence-electron chi connectivity index (χ1n) is 8.42. The minimum Gasteiger partial charge on any atom is -0.410 e. The van der Waals surface area contributed by atoms with Gasteiger partial charge in [0.25, 0.3) is 11.1 Å². The Labute approximate surface area is 181 Å². The van der Waals surface area contributed by atoms with Gasteiger partial charge in [-0.15, -0.1) is 21.5 Å². The number of benzene rings is 2. The van der Waals surface area contributed by atoms with E-state index in [4.69, 9.17) is 16.0 Å². The fourth-order valence-corrected chi connectivity index (χ4v) is 4.66. The van der Waals surface area contributed by atoms with Gasteiger partial charge in [0.1, 0.15) is 4.88 Å². The van der Waals surface area contributed by atoms with Gasteiger partial charge in [-0.3, -0.25) is 4.79 Å². The number of para-hydroxylation sites is 1. The van der Waals surface area contributed by atoms with Crippen molar-refractivity contribution < 1.29 is 22.4 Å². The van der Waals surface area contributed by atoms with Gasteiger partial charge in [0.2, 0.25) is 5.91 Å². The van der Waals surface area contributed by atoms with E-state index in [1.165, 1.54) is 29.5 Å². The molecule has 2 aromatic carbocycles. The summed E-state index contributed by atoms with van der Waals surface area (Å²) in [5.41, 5.74) is -1.22. The first-order valence-corrected chi connectivity index (χ1v) is 10.6. The van der Waals surface area contributed by atoms with E-state index in [1.54, 1.807) is 0 Å². The van der Waals surface area contributed by atoms with Crippen molar-refractivity contribution in [1.82, 2.24) is 10.2 Å². The molecule has 0 bridgehead atoms. The molecule has 0 saturated carbocycles. The maximum absolute atomic E-state index is 13.0. The third-order valence-corrected chi connectivity index (χ3v) is 6.45. The van der Waals surface area contributed by atoms with E-state index in [0.717, 1.165) is 27.9 Å². The van der Waals surface area contributed by atoms with Crippen LogP contribution in [0.1, 0.15) is 5.56 Å². The lowest BCUT2D eigenvalue weighted by Gasteiger charge is -2.13. The zero-order valence-electron chi connectivity index (χ0n) is 14.9. The van der Waals surface area contributed by atoms with E-state index in [1.807, 2.05) is 24.3 Å². The summed E-state index contributed by atoms with van der Waals surface area (Å²) < 4.78 is 45.6. The second kappa shape index (κ2) is 8.29. The van der Waals surface area contributed by atoms with Crippen LogP contribution < -0.4 is 5.32 Å². The van der Waals surface area contributed by atoms with Crippen molar-refractivity contribution in [2.24, 2.45) is 0 Å². The van der Waals surface area contributed by atoms with E-state index in [0.29, 0.717) is 9.90 Å². The highest BCUT2D eigenvalue weighted by atomic mass is 35.5. The molecule has 1 N–H and O–H groups in total. The van der Waals surface area contributed by atoms with Gasteiger partial charge in [-0.1, -0.05) is 53.7 Å². The summed E-state index contributed by atoms with van der Waals surface area (Å²) in [6, 6.07) is 12.3. The molecule has 0 atom stereocenters. The normalized spacial score (nSPS) is 11.7. The number of thiophene rings is 1. The average Bonchev–Trinajstić information content (AvgIpc) is 3.31. The minimum absolute atomic E-state index is 0.109. The Kier molecular flexibility index (Phi) is 5.72. The lowest BCUT2D eigenvalue weighted by molar-refractivity contribution is -0.137. The molecule has 11 heteroatoms. The highest BCUT2D eigenvalue weighted by molar-refractivity contribution is 7.99. The Morgan fingerprint density at radius 2 is 1.87 bits per heavy atom. The number of anilines is 1. The molecule has 0 unspecified atom stereocenters. The van der Waals surface area contributed by atoms with Crippen LogP contribution in [0.15, 0.2) is 58.2 Å². The fourth-order valence-electron chi connectivity index (χ4n) is 2.66. The molecular weight excluding hydrogens is 459 g/mol. The largest absolute Gasteiger partial charge is 0.418 e. The summed E-state index contributed by atoms with van der Waals surface area (Å²) in [6.45, 7) is 0. The van der Waals surface area contributed by atoms with Crippen molar-refractivity contribution in [2.75, 3.05) is 11.1 Å². The van der Waals surface area contributed by atoms with Crippen LogP contribution in [-0.4, -0.2) is 21.9 Å². The zero-order valence-corrected chi connectivity index (χ0v) is 17.3. The van der Waals surface area contributed by atoms with E-state index < -0.39 is 17.6 Å². The third kappa shape index (κ3) is 4.30. The number of nitrogens with zero attached hydrogens (tertiary/aromatic N) is 2. The topological polar surface area (TPSA) is 68.0 Å². The molecule has 4 aromatic rings. The molecule has 0 spiro atoms. The number of alkyl halides is 3. The van der Waals surface area contributed by atoms with Gasteiger partial charge in [0.05, 0.1) is 22.0 Å². The van der Waals surface area contributed by atoms with Crippen LogP contribution in [0.2, 0.25) is 5.02 Å². The lowest BCUT2D eigenvalue weighted by atomic mass is 10.1. The van der Waals surface area contributed by atoms with E-state index >= 15 is 0 Å². The summed E-state index contributed by atoms with van der Waals surface area (Å²) in [5, 5.41) is 11.6. The van der Waals surface area contributed by atoms with E-state index in [-0.39, 0.29) is 22.6 Å². The zero-order chi connectivity index (χ0) is 21.3. The number of thioether (sulfide) groups is 1. The maximum atomic E-state index is 13.0. The average molecular weight is 470 g/mol. The molecule has 0 aliphatic carbocycles. The van der Waals surface area contributed by atoms with Gasteiger partial charge in [-0.05, 0) is 18.2 Å². The smallest absolute Gasteiger partial charge is 0.410 e. The second-order valence-corrected chi connectivity index (χ2v) is 8.35. The highest BCUT2D eigenvalue weighted by Gasteiger charge is 2.33. The SMILES string of the molecule is O=C(CSc1nnc(-c2sc3ccccc3c2Cl)o1)Nc1ccccc1C(F)(F)F. The number of hydrogen-bond acceptors (Lipinski definition) is 6. The van der Waals surface area contributed by atoms with Crippen LogP contribution in [0.4, 0.5) is 18.9 Å². The summed E-state index contributed by atoms with van der Waals surface area (Å²) in [7, 11) is 0. The first kappa shape index (κ1) is 20.7. The van der Waals surface area contributed by atoms with Gasteiger partial charge < -0.3 is 9.73 Å². The summed E-state index contributed by atoms with van der Waals surface area (Å²) in [4.78, 5) is 12.7. The Morgan fingerprint density at radius 1 is 1.13 bits per heavy atom. The molecule has 0 aliphatic heterocycles. The number of aromatic nitrogens is 2. The van der Waals surface area contributed by atoms with Crippen molar-refractivity contribution in [3.63, 3.8) is 0 Å². The number of rotatable bonds is 5. The molecule has 0 radical (unpaired) electrons. The van der Waals surface area contributed by atoms with Crippen molar-refractivity contribution in [1.29, 1.82) is 0 Å². The van der Waals surface area contributed by atoms with Crippen molar-refractivity contribution in [3.05, 3.63) is 59.1 Å². The first-order chi connectivity index (χ1) is 14.3. The number of hydrogen-bond donors (Lipinski definition) is 1. The predicted molar refractivity (Wildman–Crippen MR) is 111 cm³/mol. The second-order valence-electron chi connectivity index (χ2n) is 5.99. The van der Waals surface area contributed by atoms with Crippen molar-refractivity contribution in [2.45, 2.75) is 11.4 Å². The van der Waals surface area contributed by atoms with Gasteiger partial charge in [-0.2, -0.15) is 13.2 Å². The Balaban J connectivity index is 1.44. The quantitative estimate of drug-likeness (QED) is 0.345. The fraction of sp³-hybridized carbons (Fsp3) is 0.105. The molecule has 154 valence electrons. The number of amides is 1. The molecule has 1 amide bonds. The third-order valence-electron chi connectivity index (χ3n) is 3.97. The number of nitrogens with one attached hydrogen (secondary N) is 1. The number of fused-ring (bicyclic) bond motifs is 1. The molecule has 5 nitrogen and oxygen atoms in total. The number of carbonyl (C=O) groups is 1. The molecule has 30 heavy (non-hydrogen) atoms. The summed E-state index contributed by atoms with van der Waals surface area (Å²) >= 11 is 8.70. The van der Waals surface area contributed by atoms with Crippen LogP contribution in [0, 0.1) is 0 Å². The van der Waals surface area contributed by atoms with Gasteiger partial charge in [-0.25, -0.2) is 0 Å². The molecular formula is C19H11ClF3N3O2S2. The monoisotopic (exact) mass is 469 g/mol. The van der Waals surface area contributed by atoms with Crippen LogP contribution in [0.3, 0.4) is 0 Å². The van der Waals surface area contributed by atoms with Gasteiger partial charge >= 0.3 is 6.18 Å². The predicted octanol–water partition coefficient (Wildman–Crippen LogP) is 6.35. The molecule has 2 aromatic heterocycles. The van der Waals surface area contributed by atoms with E-state index in [9.17, 15) is 18.0 Å². The molecule has 2 heterocycles. The van der Waals surface area contributed by atoms with Crippen LogP contribution in [0.5, 0.6) is 0 Å². The van der Waals surface area contributed by atoms with Crippen LogP contribution in [-0.2, 0) is 11.0 Å². The minimum atomic E-state index is -4.57. The van der Waals surface area contributed by atoms with E-state index in [2.05, 4.69) is 15.5 Å². The standard InChI is InChI=1S/C19H11ClF3N3O2S2/c20-15-10-5-1-4-8-13(10)30-16(15)17-25-26-18(28-17)29-9-14(27)24-12-7-3-2-6-11(12)19(21,22)23/h1-8H,9H2,(H,24,27). The Hall–Kier alpha value is -2.56. The van der Waals surface area contributed by atoms with Crippen molar-refractivity contribution >= 4 is 56.4 Å². The number of carbonyl (C=O) groups excluding carboxylic acids is 1.